The first-order chi connectivity index (χ1) is 10.1. The molecule has 2 N–H and O–H groups in total. The van der Waals surface area contributed by atoms with Gasteiger partial charge in [0.15, 0.2) is 0 Å². The summed E-state index contributed by atoms with van der Waals surface area (Å²) in [4.78, 5) is 23.5. The molecule has 21 heavy (non-hydrogen) atoms. The molecule has 0 saturated heterocycles. The molecule has 1 saturated carbocycles. The molecule has 0 radical (unpaired) electrons. The molecule has 0 aromatic heterocycles. The number of halogens is 1. The monoisotopic (exact) mass is 308 g/mol. The van der Waals surface area contributed by atoms with Crippen LogP contribution in [0.3, 0.4) is 0 Å². The third kappa shape index (κ3) is 5.76. The van der Waals surface area contributed by atoms with Crippen LogP contribution in [0.5, 0.6) is 0 Å². The summed E-state index contributed by atoms with van der Waals surface area (Å²) in [7, 11) is 0. The molecule has 1 fully saturated rings. The number of rotatable bonds is 4. The molecule has 0 atom stereocenters. The Morgan fingerprint density at radius 3 is 2.29 bits per heavy atom. The smallest absolute Gasteiger partial charge is 0.242 e. The van der Waals surface area contributed by atoms with Gasteiger partial charge in [0.2, 0.25) is 11.8 Å². The van der Waals surface area contributed by atoms with E-state index < -0.39 is 0 Å². The van der Waals surface area contributed by atoms with E-state index in [1.807, 2.05) is 0 Å². The lowest BCUT2D eigenvalue weighted by atomic mass is 9.87. The largest absolute Gasteiger partial charge is 0.273 e. The lowest BCUT2D eigenvalue weighted by Gasteiger charge is -2.20. The van der Waals surface area contributed by atoms with Crippen molar-refractivity contribution in [2.75, 3.05) is 0 Å². The molecule has 1 aromatic rings. The maximum absolute atomic E-state index is 11.8. The molecule has 5 heteroatoms. The lowest BCUT2D eigenvalue weighted by Crippen LogP contribution is -2.43. The van der Waals surface area contributed by atoms with Gasteiger partial charge in [0.1, 0.15) is 0 Å². The fourth-order valence-electron chi connectivity index (χ4n) is 2.68. The molecule has 0 unspecified atom stereocenters. The third-order valence-electron chi connectivity index (χ3n) is 3.82. The number of amides is 2. The molecule has 0 spiro atoms. The number of hydrogen-bond donors (Lipinski definition) is 2. The number of benzene rings is 1. The van der Waals surface area contributed by atoms with Crippen LogP contribution in [0.2, 0.25) is 5.02 Å². The molecule has 2 amide bonds. The van der Waals surface area contributed by atoms with Crippen molar-refractivity contribution in [3.05, 3.63) is 34.9 Å². The number of carbonyl (C=O) groups is 2. The fraction of sp³-hybridized carbons (Fsp3) is 0.500. The SMILES string of the molecule is O=C(Cc1ccc(Cl)cc1)NNC(=O)CC1CCCCC1. The number of carbonyl (C=O) groups excluding carboxylic acids is 2. The van der Waals surface area contributed by atoms with Crippen LogP contribution in [0.4, 0.5) is 0 Å². The van der Waals surface area contributed by atoms with Gasteiger partial charge in [-0.1, -0.05) is 43.0 Å². The average molecular weight is 309 g/mol. The molecule has 2 rings (SSSR count). The first-order valence-corrected chi connectivity index (χ1v) is 7.83. The van der Waals surface area contributed by atoms with E-state index in [2.05, 4.69) is 10.9 Å². The summed E-state index contributed by atoms with van der Waals surface area (Å²) in [6.45, 7) is 0. The Labute approximate surface area is 130 Å². The van der Waals surface area contributed by atoms with E-state index in [0.717, 1.165) is 18.4 Å². The molecule has 0 heterocycles. The normalized spacial score (nSPS) is 15.5. The second kappa shape index (κ2) is 8.03. The minimum absolute atomic E-state index is 0.105. The van der Waals surface area contributed by atoms with E-state index in [1.54, 1.807) is 24.3 Å². The molecule has 1 aliphatic carbocycles. The molecular formula is C16H21ClN2O2. The highest BCUT2D eigenvalue weighted by Gasteiger charge is 2.17. The van der Waals surface area contributed by atoms with Gasteiger partial charge in [-0.05, 0) is 36.5 Å². The Kier molecular flexibility index (Phi) is 6.05. The van der Waals surface area contributed by atoms with Crippen molar-refractivity contribution in [2.24, 2.45) is 5.92 Å². The van der Waals surface area contributed by atoms with E-state index in [1.165, 1.54) is 19.3 Å². The highest BCUT2D eigenvalue weighted by atomic mass is 35.5. The van der Waals surface area contributed by atoms with Gasteiger partial charge in [-0.2, -0.15) is 0 Å². The second-order valence-corrected chi connectivity index (χ2v) is 6.04. The molecule has 0 bridgehead atoms. The van der Waals surface area contributed by atoms with Crippen molar-refractivity contribution in [2.45, 2.75) is 44.9 Å². The maximum atomic E-state index is 11.8. The Balaban J connectivity index is 1.68. The van der Waals surface area contributed by atoms with Crippen LogP contribution in [-0.4, -0.2) is 11.8 Å². The summed E-state index contributed by atoms with van der Waals surface area (Å²) in [5, 5.41) is 0.639. The van der Waals surface area contributed by atoms with Crippen LogP contribution in [-0.2, 0) is 16.0 Å². The zero-order valence-electron chi connectivity index (χ0n) is 12.0. The lowest BCUT2D eigenvalue weighted by molar-refractivity contribution is -0.129. The van der Waals surface area contributed by atoms with Crippen molar-refractivity contribution in [1.29, 1.82) is 0 Å². The van der Waals surface area contributed by atoms with Gasteiger partial charge in [0.05, 0.1) is 6.42 Å². The topological polar surface area (TPSA) is 58.2 Å². The standard InChI is InChI=1S/C16H21ClN2O2/c17-14-8-6-13(7-9-14)11-16(21)19-18-15(20)10-12-4-2-1-3-5-12/h6-9,12H,1-5,10-11H2,(H,18,20)(H,19,21). The Morgan fingerprint density at radius 1 is 1.00 bits per heavy atom. The van der Waals surface area contributed by atoms with Gasteiger partial charge in [-0.3, -0.25) is 20.4 Å². The maximum Gasteiger partial charge on any atom is 0.242 e. The van der Waals surface area contributed by atoms with Gasteiger partial charge in [0.25, 0.3) is 0 Å². The van der Waals surface area contributed by atoms with Gasteiger partial charge in [-0.25, -0.2) is 0 Å². The van der Waals surface area contributed by atoms with Crippen LogP contribution in [0.25, 0.3) is 0 Å². The van der Waals surface area contributed by atoms with E-state index >= 15 is 0 Å². The van der Waals surface area contributed by atoms with Crippen LogP contribution in [0.15, 0.2) is 24.3 Å². The Morgan fingerprint density at radius 2 is 1.62 bits per heavy atom. The molecule has 1 aromatic carbocycles. The van der Waals surface area contributed by atoms with Crippen molar-refractivity contribution >= 4 is 23.4 Å². The van der Waals surface area contributed by atoms with Crippen LogP contribution in [0.1, 0.15) is 44.1 Å². The third-order valence-corrected chi connectivity index (χ3v) is 4.07. The zero-order valence-corrected chi connectivity index (χ0v) is 12.8. The summed E-state index contributed by atoms with van der Waals surface area (Å²) in [6.07, 6.45) is 6.65. The Bertz CT molecular complexity index is 482. The zero-order chi connectivity index (χ0) is 15.1. The predicted octanol–water partition coefficient (Wildman–Crippen LogP) is 3.00. The summed E-state index contributed by atoms with van der Waals surface area (Å²) in [6, 6.07) is 7.08. The summed E-state index contributed by atoms with van der Waals surface area (Å²) in [5.41, 5.74) is 5.82. The highest BCUT2D eigenvalue weighted by molar-refractivity contribution is 6.30. The first-order valence-electron chi connectivity index (χ1n) is 7.45. The summed E-state index contributed by atoms with van der Waals surface area (Å²) < 4.78 is 0. The fourth-order valence-corrected chi connectivity index (χ4v) is 2.80. The van der Waals surface area contributed by atoms with Crippen molar-refractivity contribution < 1.29 is 9.59 Å². The van der Waals surface area contributed by atoms with Crippen LogP contribution < -0.4 is 10.9 Å². The molecule has 1 aliphatic rings. The quantitative estimate of drug-likeness (QED) is 0.840. The molecule has 4 nitrogen and oxygen atoms in total. The first kappa shape index (κ1) is 15.8. The van der Waals surface area contributed by atoms with Crippen LogP contribution in [0, 0.1) is 5.92 Å². The summed E-state index contributed by atoms with van der Waals surface area (Å²) in [5.74, 6) is 0.132. The van der Waals surface area contributed by atoms with E-state index in [4.69, 9.17) is 11.6 Å². The van der Waals surface area contributed by atoms with Crippen molar-refractivity contribution in [3.63, 3.8) is 0 Å². The molecule has 114 valence electrons. The second-order valence-electron chi connectivity index (χ2n) is 5.61. The van der Waals surface area contributed by atoms with E-state index in [9.17, 15) is 9.59 Å². The number of nitrogens with one attached hydrogen (secondary N) is 2. The predicted molar refractivity (Wildman–Crippen MR) is 82.6 cm³/mol. The van der Waals surface area contributed by atoms with Gasteiger partial charge >= 0.3 is 0 Å². The van der Waals surface area contributed by atoms with Crippen molar-refractivity contribution in [3.8, 4) is 0 Å². The highest BCUT2D eigenvalue weighted by Crippen LogP contribution is 2.25. The minimum atomic E-state index is -0.227. The van der Waals surface area contributed by atoms with Crippen LogP contribution >= 0.6 is 11.6 Å². The van der Waals surface area contributed by atoms with Crippen molar-refractivity contribution in [1.82, 2.24) is 10.9 Å². The minimum Gasteiger partial charge on any atom is -0.273 e. The van der Waals surface area contributed by atoms with E-state index in [-0.39, 0.29) is 18.2 Å². The molecule has 0 aliphatic heterocycles. The number of hydrogen-bond acceptors (Lipinski definition) is 2. The van der Waals surface area contributed by atoms with E-state index in [0.29, 0.717) is 17.4 Å². The van der Waals surface area contributed by atoms with Gasteiger partial charge in [0, 0.05) is 11.4 Å². The molecular weight excluding hydrogens is 288 g/mol. The summed E-state index contributed by atoms with van der Waals surface area (Å²) >= 11 is 5.79. The average Bonchev–Trinajstić information content (AvgIpc) is 2.49. The van der Waals surface area contributed by atoms with Gasteiger partial charge in [-0.15, -0.1) is 0 Å². The van der Waals surface area contributed by atoms with Gasteiger partial charge < -0.3 is 0 Å². The Hall–Kier alpha value is -1.55. The number of hydrazine groups is 1.